The summed E-state index contributed by atoms with van der Waals surface area (Å²) in [6.45, 7) is 1.81. The van der Waals surface area contributed by atoms with E-state index in [9.17, 15) is 9.59 Å². The molecule has 1 aliphatic carbocycles. The average molecular weight is 282 g/mol. The molecule has 0 saturated heterocycles. The van der Waals surface area contributed by atoms with E-state index in [1.807, 2.05) is 6.92 Å². The summed E-state index contributed by atoms with van der Waals surface area (Å²) in [5.74, 6) is 0.401. The minimum absolute atomic E-state index is 0.171. The van der Waals surface area contributed by atoms with Crippen LogP contribution in [0.15, 0.2) is 30.3 Å². The third-order valence-electron chi connectivity index (χ3n) is 3.77. The van der Waals surface area contributed by atoms with Gasteiger partial charge in [-0.25, -0.2) is 0 Å². The summed E-state index contributed by atoms with van der Waals surface area (Å²) in [7, 11) is 2.97. The van der Waals surface area contributed by atoms with Gasteiger partial charge in [-0.1, -0.05) is 18.2 Å². The molecule has 0 unspecified atom stereocenters. The molecule has 1 aliphatic rings. The lowest BCUT2D eigenvalue weighted by Crippen LogP contribution is -2.23. The molecule has 0 spiro atoms. The van der Waals surface area contributed by atoms with E-state index in [2.05, 4.69) is 0 Å². The molecule has 0 N–H and O–H groups in total. The fraction of sp³-hybridized carbons (Fsp3) is 0.176. The van der Waals surface area contributed by atoms with Gasteiger partial charge in [-0.2, -0.15) is 0 Å². The second kappa shape index (κ2) is 4.74. The van der Waals surface area contributed by atoms with Crippen LogP contribution in [-0.4, -0.2) is 25.8 Å². The minimum atomic E-state index is -0.238. The summed E-state index contributed by atoms with van der Waals surface area (Å²) < 4.78 is 10.5. The summed E-state index contributed by atoms with van der Waals surface area (Å²) in [6, 6.07) is 8.54. The molecule has 0 radical (unpaired) electrons. The molecule has 0 saturated carbocycles. The van der Waals surface area contributed by atoms with Gasteiger partial charge >= 0.3 is 0 Å². The van der Waals surface area contributed by atoms with Gasteiger partial charge in [0.05, 0.1) is 25.3 Å². The summed E-state index contributed by atoms with van der Waals surface area (Å²) in [6.07, 6.45) is 0. The van der Waals surface area contributed by atoms with E-state index in [1.165, 1.54) is 14.2 Å². The predicted molar refractivity (Wildman–Crippen MR) is 77.6 cm³/mol. The molecule has 0 bridgehead atoms. The number of hydrogen-bond acceptors (Lipinski definition) is 4. The van der Waals surface area contributed by atoms with Gasteiger partial charge in [-0.15, -0.1) is 0 Å². The Morgan fingerprint density at radius 1 is 0.762 bits per heavy atom. The van der Waals surface area contributed by atoms with E-state index >= 15 is 0 Å². The number of fused-ring (bicyclic) bond motifs is 2. The first-order valence-electron chi connectivity index (χ1n) is 6.54. The second-order valence-electron chi connectivity index (χ2n) is 4.88. The summed E-state index contributed by atoms with van der Waals surface area (Å²) in [5, 5.41) is 0. The van der Waals surface area contributed by atoms with Crippen LogP contribution < -0.4 is 9.47 Å². The third-order valence-corrected chi connectivity index (χ3v) is 3.77. The number of ketones is 2. The van der Waals surface area contributed by atoms with Crippen LogP contribution in [0.25, 0.3) is 0 Å². The van der Waals surface area contributed by atoms with Crippen LogP contribution in [0.4, 0.5) is 0 Å². The number of methoxy groups -OCH3 is 2. The lowest BCUT2D eigenvalue weighted by atomic mass is 9.81. The zero-order chi connectivity index (χ0) is 15.1. The number of carbonyl (C=O) groups is 2. The van der Waals surface area contributed by atoms with Crippen LogP contribution in [0.1, 0.15) is 37.4 Å². The lowest BCUT2D eigenvalue weighted by molar-refractivity contribution is 0.0973. The maximum atomic E-state index is 12.9. The Bertz CT molecular complexity index is 775. The van der Waals surface area contributed by atoms with Crippen molar-refractivity contribution >= 4 is 11.6 Å². The van der Waals surface area contributed by atoms with E-state index in [0.29, 0.717) is 33.8 Å². The summed E-state index contributed by atoms with van der Waals surface area (Å²) >= 11 is 0. The molecule has 0 aliphatic heterocycles. The molecule has 0 fully saturated rings. The number of benzene rings is 2. The first kappa shape index (κ1) is 13.4. The smallest absolute Gasteiger partial charge is 0.201 e. The molecule has 2 aromatic carbocycles. The Morgan fingerprint density at radius 2 is 1.43 bits per heavy atom. The van der Waals surface area contributed by atoms with Gasteiger partial charge in [0.25, 0.3) is 0 Å². The molecular formula is C17H14O4. The Morgan fingerprint density at radius 3 is 2.10 bits per heavy atom. The van der Waals surface area contributed by atoms with Crippen molar-refractivity contribution in [3.63, 3.8) is 0 Å². The molecule has 0 heterocycles. The zero-order valence-electron chi connectivity index (χ0n) is 12.0. The van der Waals surface area contributed by atoms with E-state index < -0.39 is 0 Å². The number of carbonyl (C=O) groups excluding carboxylic acids is 2. The van der Waals surface area contributed by atoms with E-state index in [0.717, 1.165) is 5.56 Å². The Balaban J connectivity index is 2.39. The van der Waals surface area contributed by atoms with Crippen LogP contribution in [0.5, 0.6) is 11.5 Å². The van der Waals surface area contributed by atoms with Crippen LogP contribution in [0, 0.1) is 6.92 Å². The number of ether oxygens (including phenoxy) is 2. The highest BCUT2D eigenvalue weighted by molar-refractivity contribution is 6.30. The molecule has 0 amide bonds. The van der Waals surface area contributed by atoms with Crippen molar-refractivity contribution in [2.75, 3.05) is 14.2 Å². The van der Waals surface area contributed by atoms with E-state index in [4.69, 9.17) is 9.47 Å². The van der Waals surface area contributed by atoms with Crippen LogP contribution in [0.2, 0.25) is 0 Å². The second-order valence-corrected chi connectivity index (χ2v) is 4.88. The van der Waals surface area contributed by atoms with E-state index in [1.54, 1.807) is 30.3 Å². The van der Waals surface area contributed by atoms with Gasteiger partial charge in [-0.05, 0) is 24.6 Å². The fourth-order valence-electron chi connectivity index (χ4n) is 2.76. The van der Waals surface area contributed by atoms with Crippen molar-refractivity contribution in [1.29, 1.82) is 0 Å². The van der Waals surface area contributed by atoms with Gasteiger partial charge in [0.15, 0.2) is 5.78 Å². The van der Waals surface area contributed by atoms with E-state index in [-0.39, 0.29) is 11.6 Å². The quantitative estimate of drug-likeness (QED) is 0.725. The Hall–Kier alpha value is -2.62. The molecule has 0 atom stereocenters. The molecule has 0 aromatic heterocycles. The Kier molecular flexibility index (Phi) is 3.01. The molecule has 4 nitrogen and oxygen atoms in total. The normalized spacial score (nSPS) is 12.7. The SMILES string of the molecule is COc1cccc2c1C(=O)c1c(OC)ccc(C)c1C2=O. The largest absolute Gasteiger partial charge is 0.496 e. The van der Waals surface area contributed by atoms with Crippen LogP contribution in [-0.2, 0) is 0 Å². The fourth-order valence-corrected chi connectivity index (χ4v) is 2.76. The predicted octanol–water partition coefficient (Wildman–Crippen LogP) is 2.79. The molecule has 4 heteroatoms. The zero-order valence-corrected chi connectivity index (χ0v) is 12.0. The van der Waals surface area contributed by atoms with Gasteiger partial charge < -0.3 is 9.47 Å². The molecule has 106 valence electrons. The highest BCUT2D eigenvalue weighted by Gasteiger charge is 2.35. The summed E-state index contributed by atoms with van der Waals surface area (Å²) in [4.78, 5) is 25.6. The first-order valence-corrected chi connectivity index (χ1v) is 6.54. The first-order chi connectivity index (χ1) is 10.1. The van der Waals surface area contributed by atoms with Crippen molar-refractivity contribution in [2.45, 2.75) is 6.92 Å². The maximum Gasteiger partial charge on any atom is 0.201 e. The van der Waals surface area contributed by atoms with Gasteiger partial charge in [0.1, 0.15) is 11.5 Å². The van der Waals surface area contributed by atoms with Crippen molar-refractivity contribution in [1.82, 2.24) is 0 Å². The van der Waals surface area contributed by atoms with Crippen molar-refractivity contribution < 1.29 is 19.1 Å². The molecule has 2 aromatic rings. The Labute approximate surface area is 122 Å². The summed E-state index contributed by atoms with van der Waals surface area (Å²) in [5.41, 5.74) is 2.18. The van der Waals surface area contributed by atoms with Gasteiger partial charge in [0, 0.05) is 11.1 Å². The molecular weight excluding hydrogens is 268 g/mol. The van der Waals surface area contributed by atoms with Crippen molar-refractivity contribution in [3.8, 4) is 11.5 Å². The van der Waals surface area contributed by atoms with Crippen LogP contribution in [0.3, 0.4) is 0 Å². The van der Waals surface area contributed by atoms with Crippen LogP contribution >= 0.6 is 0 Å². The van der Waals surface area contributed by atoms with Crippen molar-refractivity contribution in [2.24, 2.45) is 0 Å². The highest BCUT2D eigenvalue weighted by Crippen LogP contribution is 2.38. The van der Waals surface area contributed by atoms with Gasteiger partial charge in [0.2, 0.25) is 5.78 Å². The maximum absolute atomic E-state index is 12.9. The highest BCUT2D eigenvalue weighted by atomic mass is 16.5. The average Bonchev–Trinajstić information content (AvgIpc) is 2.51. The number of hydrogen-bond donors (Lipinski definition) is 0. The molecule has 3 rings (SSSR count). The monoisotopic (exact) mass is 282 g/mol. The van der Waals surface area contributed by atoms with Crippen molar-refractivity contribution in [3.05, 3.63) is 58.1 Å². The third kappa shape index (κ3) is 1.76. The standard InChI is InChI=1S/C17H14O4/c1-9-7-8-12(21-3)15-13(9)16(18)10-5-4-6-11(20-2)14(10)17(15)19/h4-8H,1-3H3. The van der Waals surface area contributed by atoms with Gasteiger partial charge in [-0.3, -0.25) is 9.59 Å². The number of aryl methyl sites for hydroxylation is 1. The minimum Gasteiger partial charge on any atom is -0.496 e. The lowest BCUT2D eigenvalue weighted by Gasteiger charge is -2.22. The number of rotatable bonds is 2. The topological polar surface area (TPSA) is 52.6 Å². The molecule has 21 heavy (non-hydrogen) atoms.